The molecule has 2 N–H and O–H groups in total. The van der Waals surface area contributed by atoms with E-state index in [1.807, 2.05) is 24.0 Å². The number of nitrogens with zero attached hydrogens (tertiary/aromatic N) is 4. The standard InChI is InChI=1S/C19H28N6.HI/c1-15(25-11-9-16-6-4-5-7-17(16)14-25)12-21-19(20-2)22-13-18-8-10-23-24(18)3;/h4-8,10,15H,9,11-14H2,1-3H3,(H2,20,21,22);1H. The summed E-state index contributed by atoms with van der Waals surface area (Å²) in [4.78, 5) is 6.85. The Morgan fingerprint density at radius 2 is 2.00 bits per heavy atom. The number of nitrogens with one attached hydrogen (secondary N) is 2. The minimum absolute atomic E-state index is 0. The van der Waals surface area contributed by atoms with E-state index < -0.39 is 0 Å². The first-order valence-corrected chi connectivity index (χ1v) is 8.89. The van der Waals surface area contributed by atoms with Crippen molar-refractivity contribution >= 4 is 29.9 Å². The number of halogens is 1. The van der Waals surface area contributed by atoms with Gasteiger partial charge in [-0.1, -0.05) is 24.3 Å². The highest BCUT2D eigenvalue weighted by atomic mass is 127. The van der Waals surface area contributed by atoms with Crippen LogP contribution >= 0.6 is 24.0 Å². The van der Waals surface area contributed by atoms with E-state index in [4.69, 9.17) is 0 Å². The van der Waals surface area contributed by atoms with Crippen molar-refractivity contribution < 1.29 is 0 Å². The molecular weight excluding hydrogens is 439 g/mol. The number of aliphatic imine (C=N–C) groups is 1. The van der Waals surface area contributed by atoms with E-state index in [1.54, 1.807) is 7.05 Å². The second kappa shape index (κ2) is 9.91. The molecule has 142 valence electrons. The van der Waals surface area contributed by atoms with Crippen molar-refractivity contribution in [2.75, 3.05) is 20.1 Å². The van der Waals surface area contributed by atoms with Crippen LogP contribution in [0.25, 0.3) is 0 Å². The first-order chi connectivity index (χ1) is 12.2. The van der Waals surface area contributed by atoms with Crippen molar-refractivity contribution in [3.63, 3.8) is 0 Å². The molecule has 1 aliphatic heterocycles. The van der Waals surface area contributed by atoms with E-state index in [1.165, 1.54) is 11.1 Å². The quantitative estimate of drug-likeness (QED) is 0.401. The fourth-order valence-corrected chi connectivity index (χ4v) is 3.24. The maximum Gasteiger partial charge on any atom is 0.191 e. The van der Waals surface area contributed by atoms with Crippen LogP contribution in [0.15, 0.2) is 41.5 Å². The van der Waals surface area contributed by atoms with Gasteiger partial charge in [0.1, 0.15) is 0 Å². The van der Waals surface area contributed by atoms with E-state index in [-0.39, 0.29) is 24.0 Å². The third-order valence-electron chi connectivity index (χ3n) is 4.93. The Labute approximate surface area is 173 Å². The van der Waals surface area contributed by atoms with E-state index in [0.717, 1.165) is 37.7 Å². The van der Waals surface area contributed by atoms with Crippen molar-refractivity contribution in [1.82, 2.24) is 25.3 Å². The van der Waals surface area contributed by atoms with Gasteiger partial charge in [0.05, 0.1) is 12.2 Å². The lowest BCUT2D eigenvalue weighted by atomic mass is 9.99. The third-order valence-corrected chi connectivity index (χ3v) is 4.93. The zero-order valence-corrected chi connectivity index (χ0v) is 18.1. The van der Waals surface area contributed by atoms with Crippen LogP contribution in [0.4, 0.5) is 0 Å². The summed E-state index contributed by atoms with van der Waals surface area (Å²) in [6.45, 7) is 5.99. The summed E-state index contributed by atoms with van der Waals surface area (Å²) in [5.74, 6) is 0.824. The molecule has 2 heterocycles. The van der Waals surface area contributed by atoms with Crippen LogP contribution in [0, 0.1) is 0 Å². The van der Waals surface area contributed by atoms with Crippen LogP contribution in [-0.2, 0) is 26.6 Å². The molecule has 1 aromatic carbocycles. The molecule has 0 spiro atoms. The van der Waals surface area contributed by atoms with Crippen molar-refractivity contribution in [3.8, 4) is 0 Å². The Balaban J connectivity index is 0.00000243. The predicted octanol–water partition coefficient (Wildman–Crippen LogP) is 2.15. The molecule has 1 unspecified atom stereocenters. The van der Waals surface area contributed by atoms with Gasteiger partial charge in [-0.05, 0) is 30.5 Å². The van der Waals surface area contributed by atoms with Gasteiger partial charge < -0.3 is 10.6 Å². The lowest BCUT2D eigenvalue weighted by Gasteiger charge is -2.34. The molecule has 0 amide bonds. The summed E-state index contributed by atoms with van der Waals surface area (Å²) in [5.41, 5.74) is 4.08. The van der Waals surface area contributed by atoms with Gasteiger partial charge in [-0.3, -0.25) is 14.6 Å². The Morgan fingerprint density at radius 1 is 1.23 bits per heavy atom. The van der Waals surface area contributed by atoms with Gasteiger partial charge in [0.2, 0.25) is 0 Å². The van der Waals surface area contributed by atoms with Gasteiger partial charge in [-0.2, -0.15) is 5.10 Å². The lowest BCUT2D eigenvalue weighted by Crippen LogP contribution is -2.47. The molecule has 1 atom stereocenters. The molecule has 0 bridgehead atoms. The molecule has 0 radical (unpaired) electrons. The Bertz CT molecular complexity index is 726. The lowest BCUT2D eigenvalue weighted by molar-refractivity contribution is 0.191. The number of aryl methyl sites for hydroxylation is 1. The van der Waals surface area contributed by atoms with Crippen molar-refractivity contribution in [3.05, 3.63) is 53.3 Å². The van der Waals surface area contributed by atoms with Gasteiger partial charge in [0.25, 0.3) is 0 Å². The monoisotopic (exact) mass is 468 g/mol. The third kappa shape index (κ3) is 5.20. The van der Waals surface area contributed by atoms with Gasteiger partial charge in [-0.15, -0.1) is 24.0 Å². The summed E-state index contributed by atoms with van der Waals surface area (Å²) in [7, 11) is 3.75. The zero-order chi connectivity index (χ0) is 17.6. The van der Waals surface area contributed by atoms with Crippen molar-refractivity contribution in [2.45, 2.75) is 32.5 Å². The van der Waals surface area contributed by atoms with Gasteiger partial charge in [-0.25, -0.2) is 0 Å². The van der Waals surface area contributed by atoms with E-state index in [9.17, 15) is 0 Å². The van der Waals surface area contributed by atoms with Crippen LogP contribution < -0.4 is 10.6 Å². The highest BCUT2D eigenvalue weighted by Crippen LogP contribution is 2.19. The molecular formula is C19H29IN6. The molecule has 6 nitrogen and oxygen atoms in total. The molecule has 2 aromatic rings. The molecule has 0 saturated heterocycles. The number of guanidine groups is 1. The normalized spacial score (nSPS) is 15.7. The highest BCUT2D eigenvalue weighted by Gasteiger charge is 2.20. The Hall–Kier alpha value is -1.61. The highest BCUT2D eigenvalue weighted by molar-refractivity contribution is 14.0. The summed E-state index contributed by atoms with van der Waals surface area (Å²) in [6.07, 6.45) is 2.94. The second-order valence-corrected chi connectivity index (χ2v) is 6.59. The minimum atomic E-state index is 0. The average Bonchev–Trinajstić information content (AvgIpc) is 3.06. The average molecular weight is 468 g/mol. The van der Waals surface area contributed by atoms with Crippen molar-refractivity contribution in [1.29, 1.82) is 0 Å². The first kappa shape index (κ1) is 20.7. The molecule has 0 aliphatic carbocycles. The second-order valence-electron chi connectivity index (χ2n) is 6.59. The smallest absolute Gasteiger partial charge is 0.191 e. The maximum absolute atomic E-state index is 4.32. The van der Waals surface area contributed by atoms with Crippen LogP contribution in [0.1, 0.15) is 23.7 Å². The minimum Gasteiger partial charge on any atom is -0.355 e. The van der Waals surface area contributed by atoms with Crippen LogP contribution in [0.2, 0.25) is 0 Å². The molecule has 0 fully saturated rings. The molecule has 26 heavy (non-hydrogen) atoms. The number of fused-ring (bicyclic) bond motifs is 1. The maximum atomic E-state index is 4.32. The van der Waals surface area contributed by atoms with Crippen LogP contribution in [0.3, 0.4) is 0 Å². The number of rotatable bonds is 5. The summed E-state index contributed by atoms with van der Waals surface area (Å²) in [6, 6.07) is 11.2. The molecule has 3 rings (SSSR count). The van der Waals surface area contributed by atoms with Gasteiger partial charge in [0, 0.05) is 46.0 Å². The van der Waals surface area contributed by atoms with E-state index in [2.05, 4.69) is 56.8 Å². The topological polar surface area (TPSA) is 57.5 Å². The summed E-state index contributed by atoms with van der Waals surface area (Å²) < 4.78 is 1.87. The van der Waals surface area contributed by atoms with Gasteiger partial charge in [0.15, 0.2) is 5.96 Å². The van der Waals surface area contributed by atoms with Crippen LogP contribution in [-0.4, -0.2) is 46.8 Å². The fourth-order valence-electron chi connectivity index (χ4n) is 3.24. The first-order valence-electron chi connectivity index (χ1n) is 8.89. The van der Waals surface area contributed by atoms with Gasteiger partial charge >= 0.3 is 0 Å². The predicted molar refractivity (Wildman–Crippen MR) is 117 cm³/mol. The number of hydrogen-bond donors (Lipinski definition) is 2. The fraction of sp³-hybridized carbons (Fsp3) is 0.474. The molecule has 1 aliphatic rings. The van der Waals surface area contributed by atoms with Crippen LogP contribution in [0.5, 0.6) is 0 Å². The largest absolute Gasteiger partial charge is 0.355 e. The molecule has 7 heteroatoms. The molecule has 1 aromatic heterocycles. The summed E-state index contributed by atoms with van der Waals surface area (Å²) in [5, 5.41) is 11.0. The Kier molecular flexibility index (Phi) is 7.89. The number of hydrogen-bond acceptors (Lipinski definition) is 3. The molecule has 0 saturated carbocycles. The SMILES string of the molecule is CN=C(NCc1ccnn1C)NCC(C)N1CCc2ccccc2C1.I. The summed E-state index contributed by atoms with van der Waals surface area (Å²) >= 11 is 0. The van der Waals surface area contributed by atoms with E-state index in [0.29, 0.717) is 12.6 Å². The van der Waals surface area contributed by atoms with Crippen molar-refractivity contribution in [2.24, 2.45) is 12.0 Å². The zero-order valence-electron chi connectivity index (χ0n) is 15.8. The Morgan fingerprint density at radius 3 is 2.69 bits per heavy atom. The number of aromatic nitrogens is 2. The van der Waals surface area contributed by atoms with E-state index >= 15 is 0 Å². The number of benzene rings is 1.